The summed E-state index contributed by atoms with van der Waals surface area (Å²) in [4.78, 5) is 49.3. The van der Waals surface area contributed by atoms with Crippen molar-refractivity contribution in [1.82, 2.24) is 25.5 Å². The summed E-state index contributed by atoms with van der Waals surface area (Å²) in [6.07, 6.45) is 5.54. The third kappa shape index (κ3) is 6.32. The lowest BCUT2D eigenvalue weighted by molar-refractivity contribution is -0.131. The zero-order valence-electron chi connectivity index (χ0n) is 18.1. The van der Waals surface area contributed by atoms with Crippen LogP contribution in [0.1, 0.15) is 29.6 Å². The van der Waals surface area contributed by atoms with Gasteiger partial charge in [-0.05, 0) is 37.1 Å². The summed E-state index contributed by atoms with van der Waals surface area (Å²) >= 11 is 6.13. The second-order valence-electron chi connectivity index (χ2n) is 7.99. The van der Waals surface area contributed by atoms with E-state index < -0.39 is 6.03 Å². The topological polar surface area (TPSA) is 120 Å². The van der Waals surface area contributed by atoms with Gasteiger partial charge in [-0.2, -0.15) is 0 Å². The molecule has 4 amide bonds. The zero-order chi connectivity index (χ0) is 23.2. The molecule has 1 saturated heterocycles. The number of urea groups is 1. The fraction of sp³-hybridized carbons (Fsp3) is 0.409. The number of rotatable bonds is 7. The Bertz CT molecular complexity index is 1010. The van der Waals surface area contributed by atoms with E-state index in [4.69, 9.17) is 11.6 Å². The lowest BCUT2D eigenvalue weighted by Gasteiger charge is -2.34. The van der Waals surface area contributed by atoms with Crippen LogP contribution in [0.2, 0.25) is 5.02 Å². The number of carbonyl (C=O) groups excluding carboxylic acids is 3. The summed E-state index contributed by atoms with van der Waals surface area (Å²) in [7, 11) is 0. The van der Waals surface area contributed by atoms with E-state index in [0.717, 1.165) is 12.8 Å². The summed E-state index contributed by atoms with van der Waals surface area (Å²) in [6, 6.07) is 6.26. The van der Waals surface area contributed by atoms with Gasteiger partial charge in [-0.15, -0.1) is 0 Å². The van der Waals surface area contributed by atoms with Crippen molar-refractivity contribution in [3.8, 4) is 0 Å². The molecule has 0 unspecified atom stereocenters. The molecule has 4 rings (SSSR count). The Hall–Kier alpha value is -3.40. The smallest absolute Gasteiger partial charge is 0.319 e. The second-order valence-corrected chi connectivity index (χ2v) is 8.40. The molecule has 0 bridgehead atoms. The van der Waals surface area contributed by atoms with Gasteiger partial charge in [-0.3, -0.25) is 9.59 Å². The van der Waals surface area contributed by atoms with Crippen LogP contribution >= 0.6 is 11.6 Å². The highest BCUT2D eigenvalue weighted by molar-refractivity contribution is 6.34. The molecule has 3 N–H and O–H groups in total. The first-order chi connectivity index (χ1) is 16.0. The van der Waals surface area contributed by atoms with Gasteiger partial charge >= 0.3 is 6.03 Å². The third-order valence-electron chi connectivity index (χ3n) is 5.47. The molecule has 0 spiro atoms. The molecule has 2 aromatic rings. The van der Waals surface area contributed by atoms with Gasteiger partial charge in [0.25, 0.3) is 5.91 Å². The van der Waals surface area contributed by atoms with E-state index in [0.29, 0.717) is 48.4 Å². The minimum absolute atomic E-state index is 0.0190. The maximum absolute atomic E-state index is 12.5. The zero-order valence-corrected chi connectivity index (χ0v) is 18.8. The highest BCUT2D eigenvalue weighted by atomic mass is 35.5. The lowest BCUT2D eigenvalue weighted by atomic mass is 10.2. The van der Waals surface area contributed by atoms with Gasteiger partial charge in [-0.25, -0.2) is 14.8 Å². The molecule has 1 aliphatic heterocycles. The molecule has 11 heteroatoms. The number of amides is 4. The maximum atomic E-state index is 12.5. The molecule has 2 heterocycles. The van der Waals surface area contributed by atoms with Crippen LogP contribution in [0.4, 0.5) is 16.4 Å². The van der Waals surface area contributed by atoms with Crippen molar-refractivity contribution in [2.45, 2.75) is 25.3 Å². The van der Waals surface area contributed by atoms with Crippen molar-refractivity contribution < 1.29 is 14.4 Å². The van der Waals surface area contributed by atoms with E-state index >= 15 is 0 Å². The molecule has 1 aromatic heterocycles. The Labute approximate surface area is 196 Å². The highest BCUT2D eigenvalue weighted by Crippen LogP contribution is 2.24. The van der Waals surface area contributed by atoms with Crippen molar-refractivity contribution in [3.63, 3.8) is 0 Å². The van der Waals surface area contributed by atoms with E-state index in [2.05, 4.69) is 25.9 Å². The van der Waals surface area contributed by atoms with Gasteiger partial charge in [0.1, 0.15) is 0 Å². The number of halogens is 1. The molecule has 174 valence electrons. The number of hydrogen-bond acceptors (Lipinski definition) is 6. The van der Waals surface area contributed by atoms with Crippen molar-refractivity contribution in [2.24, 2.45) is 0 Å². The van der Waals surface area contributed by atoms with Crippen LogP contribution in [0.25, 0.3) is 0 Å². The van der Waals surface area contributed by atoms with Crippen molar-refractivity contribution in [2.75, 3.05) is 42.9 Å². The first kappa shape index (κ1) is 22.8. The normalized spacial score (nSPS) is 15.7. The van der Waals surface area contributed by atoms with Crippen LogP contribution in [-0.2, 0) is 4.79 Å². The molecule has 1 aromatic carbocycles. The predicted octanol–water partition coefficient (Wildman–Crippen LogP) is 1.88. The first-order valence-corrected chi connectivity index (χ1v) is 11.3. The van der Waals surface area contributed by atoms with E-state index in [1.807, 2.05) is 4.90 Å². The summed E-state index contributed by atoms with van der Waals surface area (Å²) in [6.45, 7) is 2.70. The lowest BCUT2D eigenvalue weighted by Crippen LogP contribution is -2.49. The number of nitrogens with zero attached hydrogens (tertiary/aromatic N) is 4. The van der Waals surface area contributed by atoms with Gasteiger partial charge in [-0.1, -0.05) is 11.6 Å². The van der Waals surface area contributed by atoms with Crippen LogP contribution in [0.3, 0.4) is 0 Å². The Morgan fingerprint density at radius 1 is 1.06 bits per heavy atom. The Balaban J connectivity index is 1.19. The molecule has 2 fully saturated rings. The molecule has 1 aliphatic carbocycles. The van der Waals surface area contributed by atoms with Gasteiger partial charge < -0.3 is 25.8 Å². The van der Waals surface area contributed by atoms with Crippen LogP contribution in [0, 0.1) is 0 Å². The summed E-state index contributed by atoms with van der Waals surface area (Å²) in [5.74, 6) is 0.392. The molecule has 2 aliphatic rings. The Morgan fingerprint density at radius 3 is 2.48 bits per heavy atom. The number of anilines is 2. The van der Waals surface area contributed by atoms with E-state index in [1.165, 1.54) is 0 Å². The van der Waals surface area contributed by atoms with Crippen molar-refractivity contribution >= 4 is 41.1 Å². The molecule has 0 radical (unpaired) electrons. The molecule has 1 saturated carbocycles. The number of carbonyl (C=O) groups is 3. The number of hydrogen-bond donors (Lipinski definition) is 3. The maximum Gasteiger partial charge on any atom is 0.319 e. The summed E-state index contributed by atoms with van der Waals surface area (Å²) < 4.78 is 0. The van der Waals surface area contributed by atoms with E-state index in [9.17, 15) is 14.4 Å². The van der Waals surface area contributed by atoms with Crippen LogP contribution in [-0.4, -0.2) is 71.5 Å². The molecular formula is C22H26ClN7O3. The molecule has 33 heavy (non-hydrogen) atoms. The average molecular weight is 472 g/mol. The van der Waals surface area contributed by atoms with Crippen molar-refractivity contribution in [1.29, 1.82) is 0 Å². The van der Waals surface area contributed by atoms with Crippen LogP contribution in [0.5, 0.6) is 0 Å². The van der Waals surface area contributed by atoms with E-state index in [-0.39, 0.29) is 30.8 Å². The second kappa shape index (κ2) is 10.5. The van der Waals surface area contributed by atoms with Crippen LogP contribution < -0.4 is 20.9 Å². The highest BCUT2D eigenvalue weighted by Gasteiger charge is 2.25. The van der Waals surface area contributed by atoms with Gasteiger partial charge in [0, 0.05) is 63.3 Å². The Morgan fingerprint density at radius 2 is 1.79 bits per heavy atom. The van der Waals surface area contributed by atoms with Gasteiger partial charge in [0.2, 0.25) is 11.9 Å². The SMILES string of the molecule is O=C(NCCC(=O)N1CCN(c2ncccn2)CC1)Nc1ccc(Cl)c(C(=O)NC2CC2)c1. The fourth-order valence-electron chi connectivity index (χ4n) is 3.49. The minimum Gasteiger partial charge on any atom is -0.349 e. The fourth-order valence-corrected chi connectivity index (χ4v) is 3.70. The monoisotopic (exact) mass is 471 g/mol. The average Bonchev–Trinajstić information content (AvgIpc) is 3.65. The minimum atomic E-state index is -0.454. The molecule has 0 atom stereocenters. The molecular weight excluding hydrogens is 446 g/mol. The first-order valence-electron chi connectivity index (χ1n) is 10.9. The van der Waals surface area contributed by atoms with E-state index in [1.54, 1.807) is 41.6 Å². The third-order valence-corrected chi connectivity index (χ3v) is 5.80. The van der Waals surface area contributed by atoms with Crippen molar-refractivity contribution in [3.05, 3.63) is 47.2 Å². The standard InChI is InChI=1S/C22H26ClN7O3/c23-18-5-4-16(14-17(18)20(32)27-15-2-3-15)28-22(33)26-9-6-19(31)29-10-12-30(13-11-29)21-24-7-1-8-25-21/h1,4-5,7-8,14-15H,2-3,6,9-13H2,(H,27,32)(H2,26,28,33). The van der Waals surface area contributed by atoms with Gasteiger partial charge in [0.15, 0.2) is 0 Å². The largest absolute Gasteiger partial charge is 0.349 e. The number of benzene rings is 1. The quantitative estimate of drug-likeness (QED) is 0.567. The molecule has 10 nitrogen and oxygen atoms in total. The van der Waals surface area contributed by atoms with Crippen LogP contribution in [0.15, 0.2) is 36.7 Å². The van der Waals surface area contributed by atoms with Gasteiger partial charge in [0.05, 0.1) is 10.6 Å². The number of nitrogens with one attached hydrogen (secondary N) is 3. The Kier molecular flexibility index (Phi) is 7.23. The predicted molar refractivity (Wildman–Crippen MR) is 124 cm³/mol. The number of aromatic nitrogens is 2. The summed E-state index contributed by atoms with van der Waals surface area (Å²) in [5.41, 5.74) is 0.764. The summed E-state index contributed by atoms with van der Waals surface area (Å²) in [5, 5.41) is 8.56. The number of piperazine rings is 1.